The fourth-order valence-electron chi connectivity index (χ4n) is 2.34. The van der Waals surface area contributed by atoms with E-state index in [1.807, 2.05) is 0 Å². The van der Waals surface area contributed by atoms with Crippen LogP contribution in [0.25, 0.3) is 0 Å². The van der Waals surface area contributed by atoms with Gasteiger partial charge in [0.1, 0.15) is 0 Å². The van der Waals surface area contributed by atoms with Gasteiger partial charge in [-0.3, -0.25) is 14.5 Å². The van der Waals surface area contributed by atoms with Crippen molar-refractivity contribution in [2.45, 2.75) is 5.60 Å². The highest BCUT2D eigenvalue weighted by atomic mass is 16.7. The number of carbonyl (C=O) groups is 3. The Morgan fingerprint density at radius 2 is 2.20 bits per heavy atom. The molecule has 20 heavy (non-hydrogen) atoms. The normalized spacial score (nSPS) is 26.6. The van der Waals surface area contributed by atoms with E-state index in [9.17, 15) is 14.4 Å². The largest absolute Gasteiger partial charge is 0.604 e. The molecule has 1 aromatic heterocycles. The second-order valence-electron chi connectivity index (χ2n) is 4.78. The predicted octanol–water partition coefficient (Wildman–Crippen LogP) is -1.50. The monoisotopic (exact) mass is 279 g/mol. The van der Waals surface area contributed by atoms with E-state index in [1.54, 1.807) is 11.9 Å². The number of carboxylic acid groups (broad SMARTS) is 1. The summed E-state index contributed by atoms with van der Waals surface area (Å²) in [6.07, 6.45) is 0. The molecule has 0 aromatic carbocycles. The molecule has 8 nitrogen and oxygen atoms in total. The maximum absolute atomic E-state index is 11.9. The lowest BCUT2D eigenvalue weighted by Gasteiger charge is -2.16. The van der Waals surface area contributed by atoms with Crippen molar-refractivity contribution >= 4 is 30.5 Å². The van der Waals surface area contributed by atoms with Crippen molar-refractivity contribution in [3.8, 4) is 0 Å². The van der Waals surface area contributed by atoms with Crippen LogP contribution in [0.5, 0.6) is 0 Å². The number of likely N-dealkylation sites (N-methyl/N-ethyl adjacent to an activating group) is 1. The first-order valence-electron chi connectivity index (χ1n) is 5.86. The SMILES string of the molecule is CN1CC(=O)C2(C1)OB(c1ccc(C(=O)O)o1)OC2=O. The number of aromatic carboxylic acids is 1. The molecule has 3 rings (SSSR count). The van der Waals surface area contributed by atoms with Gasteiger partial charge in [0, 0.05) is 6.54 Å². The standard InChI is InChI=1S/C11H10BNO7/c1-13-4-7(14)11(5-13)10(17)19-12(20-11)8-3-2-6(18-8)9(15)16/h2-3H,4-5H2,1H3,(H,15,16). The van der Waals surface area contributed by atoms with Crippen molar-refractivity contribution in [3.63, 3.8) is 0 Å². The molecule has 3 heterocycles. The fraction of sp³-hybridized carbons (Fsp3) is 0.364. The van der Waals surface area contributed by atoms with Gasteiger partial charge in [-0.15, -0.1) is 0 Å². The number of Topliss-reactive ketones (excluding diaryl/α,β-unsaturated/α-hetero) is 1. The Hall–Kier alpha value is -2.13. The summed E-state index contributed by atoms with van der Waals surface area (Å²) >= 11 is 0. The summed E-state index contributed by atoms with van der Waals surface area (Å²) in [5.74, 6) is -2.69. The summed E-state index contributed by atoms with van der Waals surface area (Å²) in [7, 11) is 0.484. The lowest BCUT2D eigenvalue weighted by atomic mass is 9.86. The lowest BCUT2D eigenvalue weighted by Crippen LogP contribution is -2.46. The Labute approximate surface area is 113 Å². The van der Waals surface area contributed by atoms with Crippen molar-refractivity contribution in [1.82, 2.24) is 4.90 Å². The number of likely N-dealkylation sites (tertiary alicyclic amines) is 1. The van der Waals surface area contributed by atoms with Gasteiger partial charge < -0.3 is 18.8 Å². The zero-order chi connectivity index (χ0) is 14.5. The maximum Gasteiger partial charge on any atom is 0.604 e. The van der Waals surface area contributed by atoms with Crippen LogP contribution in [0.15, 0.2) is 16.5 Å². The molecule has 0 radical (unpaired) electrons. The van der Waals surface area contributed by atoms with Gasteiger partial charge in [0.15, 0.2) is 11.4 Å². The summed E-state index contributed by atoms with van der Waals surface area (Å²) in [5.41, 5.74) is -1.59. The molecule has 0 bridgehead atoms. The molecule has 2 aliphatic rings. The minimum Gasteiger partial charge on any atom is -0.501 e. The first-order chi connectivity index (χ1) is 9.42. The summed E-state index contributed by atoms with van der Waals surface area (Å²) in [6, 6.07) is 2.56. The molecule has 2 saturated heterocycles. The second-order valence-corrected chi connectivity index (χ2v) is 4.78. The van der Waals surface area contributed by atoms with Crippen LogP contribution in [0, 0.1) is 0 Å². The van der Waals surface area contributed by atoms with Crippen molar-refractivity contribution < 1.29 is 33.2 Å². The van der Waals surface area contributed by atoms with Gasteiger partial charge in [0.2, 0.25) is 11.4 Å². The van der Waals surface area contributed by atoms with Gasteiger partial charge in [0.25, 0.3) is 0 Å². The van der Waals surface area contributed by atoms with E-state index in [2.05, 4.69) is 0 Å². The second kappa shape index (κ2) is 4.19. The maximum atomic E-state index is 11.9. The number of furan rings is 1. The zero-order valence-electron chi connectivity index (χ0n) is 10.5. The van der Waals surface area contributed by atoms with Gasteiger partial charge in [-0.1, -0.05) is 0 Å². The number of hydrogen-bond donors (Lipinski definition) is 1. The quantitative estimate of drug-likeness (QED) is 0.515. The Morgan fingerprint density at radius 3 is 2.75 bits per heavy atom. The molecule has 1 unspecified atom stereocenters. The van der Waals surface area contributed by atoms with Crippen LogP contribution in [0.2, 0.25) is 0 Å². The Morgan fingerprint density at radius 1 is 1.45 bits per heavy atom. The number of nitrogens with zero attached hydrogens (tertiary/aromatic N) is 1. The highest BCUT2D eigenvalue weighted by Crippen LogP contribution is 2.29. The van der Waals surface area contributed by atoms with E-state index in [0.717, 1.165) is 0 Å². The zero-order valence-corrected chi connectivity index (χ0v) is 10.5. The third-order valence-corrected chi connectivity index (χ3v) is 3.28. The average molecular weight is 279 g/mol. The smallest absolute Gasteiger partial charge is 0.501 e. The molecular weight excluding hydrogens is 269 g/mol. The minimum absolute atomic E-state index is 0.0370. The van der Waals surface area contributed by atoms with Gasteiger partial charge in [-0.25, -0.2) is 4.79 Å². The van der Waals surface area contributed by atoms with Gasteiger partial charge >= 0.3 is 19.1 Å². The molecule has 0 saturated carbocycles. The van der Waals surface area contributed by atoms with Crippen LogP contribution in [-0.4, -0.2) is 60.6 Å². The van der Waals surface area contributed by atoms with Crippen LogP contribution < -0.4 is 5.66 Å². The van der Waals surface area contributed by atoms with E-state index in [1.165, 1.54) is 12.1 Å². The molecule has 1 atom stereocenters. The molecule has 2 fully saturated rings. The van der Waals surface area contributed by atoms with E-state index in [4.69, 9.17) is 18.8 Å². The van der Waals surface area contributed by atoms with Crippen LogP contribution in [-0.2, 0) is 18.9 Å². The summed E-state index contributed by atoms with van der Waals surface area (Å²) in [4.78, 5) is 36.2. The molecule has 1 spiro atoms. The third kappa shape index (κ3) is 1.74. The Bertz CT molecular complexity index is 612. The van der Waals surface area contributed by atoms with Crippen LogP contribution in [0.3, 0.4) is 0 Å². The molecule has 9 heteroatoms. The summed E-state index contributed by atoms with van der Waals surface area (Å²) in [6.45, 7) is 0.202. The van der Waals surface area contributed by atoms with Crippen LogP contribution >= 0.6 is 0 Å². The van der Waals surface area contributed by atoms with Gasteiger partial charge in [-0.05, 0) is 19.2 Å². The Balaban J connectivity index is 1.86. The minimum atomic E-state index is -1.63. The van der Waals surface area contributed by atoms with Crippen molar-refractivity contribution in [2.24, 2.45) is 0 Å². The number of rotatable bonds is 2. The number of ketones is 1. The van der Waals surface area contributed by atoms with Gasteiger partial charge in [-0.2, -0.15) is 0 Å². The lowest BCUT2D eigenvalue weighted by molar-refractivity contribution is -0.148. The molecule has 1 aromatic rings. The number of hydrogen-bond acceptors (Lipinski definition) is 7. The van der Waals surface area contributed by atoms with Crippen molar-refractivity contribution in [2.75, 3.05) is 20.1 Å². The third-order valence-electron chi connectivity index (χ3n) is 3.28. The highest BCUT2D eigenvalue weighted by Gasteiger charge is 2.62. The predicted molar refractivity (Wildman–Crippen MR) is 63.5 cm³/mol. The highest BCUT2D eigenvalue weighted by molar-refractivity contribution is 6.64. The molecule has 0 aliphatic carbocycles. The van der Waals surface area contributed by atoms with Crippen molar-refractivity contribution in [1.29, 1.82) is 0 Å². The van der Waals surface area contributed by atoms with Crippen molar-refractivity contribution in [3.05, 3.63) is 17.9 Å². The number of carboxylic acids is 1. The fourth-order valence-corrected chi connectivity index (χ4v) is 2.34. The van der Waals surface area contributed by atoms with E-state index < -0.39 is 24.7 Å². The van der Waals surface area contributed by atoms with E-state index in [0.29, 0.717) is 0 Å². The topological polar surface area (TPSA) is 106 Å². The van der Waals surface area contributed by atoms with E-state index in [-0.39, 0.29) is 30.3 Å². The molecule has 104 valence electrons. The summed E-state index contributed by atoms with van der Waals surface area (Å²) < 4.78 is 15.5. The molecule has 2 aliphatic heterocycles. The molecule has 1 N–H and O–H groups in total. The number of carbonyl (C=O) groups excluding carboxylic acids is 2. The van der Waals surface area contributed by atoms with E-state index >= 15 is 0 Å². The first-order valence-corrected chi connectivity index (χ1v) is 5.86. The summed E-state index contributed by atoms with van der Waals surface area (Å²) in [5, 5.41) is 8.77. The molecule has 0 amide bonds. The Kier molecular flexibility index (Phi) is 2.70. The van der Waals surface area contributed by atoms with Crippen LogP contribution in [0.1, 0.15) is 10.6 Å². The molecular formula is C11H10BNO7. The van der Waals surface area contributed by atoms with Gasteiger partial charge in [0.05, 0.1) is 6.54 Å². The first kappa shape index (κ1) is 12.9. The average Bonchev–Trinajstić information content (AvgIpc) is 3.01. The van der Waals surface area contributed by atoms with Crippen LogP contribution in [0.4, 0.5) is 0 Å².